The highest BCUT2D eigenvalue weighted by molar-refractivity contribution is 7.19. The minimum absolute atomic E-state index is 0.246. The van der Waals surface area contributed by atoms with Crippen molar-refractivity contribution in [1.82, 2.24) is 15.5 Å². The molecule has 2 N–H and O–H groups in total. The van der Waals surface area contributed by atoms with Gasteiger partial charge in [-0.05, 0) is 26.2 Å². The predicted molar refractivity (Wildman–Crippen MR) is 93.3 cm³/mol. The fourth-order valence-corrected chi connectivity index (χ4v) is 3.47. The number of ether oxygens (including phenoxy) is 1. The SMILES string of the molecule is CCOCCCNC(=O)Nc1nnc(N(C)C2CCCCC2)s1. The molecular weight excluding hydrogens is 314 g/mol. The minimum atomic E-state index is -0.246. The number of hydrogen-bond donors (Lipinski definition) is 2. The zero-order chi connectivity index (χ0) is 16.5. The van der Waals surface area contributed by atoms with Crippen LogP contribution in [0, 0.1) is 0 Å². The third-order valence-corrected chi connectivity index (χ3v) is 4.94. The van der Waals surface area contributed by atoms with E-state index >= 15 is 0 Å². The fraction of sp³-hybridized carbons (Fsp3) is 0.800. The van der Waals surface area contributed by atoms with Gasteiger partial charge in [0.25, 0.3) is 0 Å². The summed E-state index contributed by atoms with van der Waals surface area (Å²) in [6.45, 7) is 3.90. The van der Waals surface area contributed by atoms with Crippen molar-refractivity contribution < 1.29 is 9.53 Å². The number of urea groups is 1. The Kier molecular flexibility index (Phi) is 7.54. The highest BCUT2D eigenvalue weighted by Crippen LogP contribution is 2.29. The van der Waals surface area contributed by atoms with Crippen LogP contribution in [-0.4, -0.2) is 49.1 Å². The number of anilines is 2. The molecule has 1 fully saturated rings. The average Bonchev–Trinajstić information content (AvgIpc) is 3.03. The zero-order valence-electron chi connectivity index (χ0n) is 14.0. The molecule has 1 heterocycles. The second kappa shape index (κ2) is 9.67. The summed E-state index contributed by atoms with van der Waals surface area (Å²) in [4.78, 5) is 14.0. The summed E-state index contributed by atoms with van der Waals surface area (Å²) in [5, 5.41) is 15.2. The molecule has 7 nitrogen and oxygen atoms in total. The molecule has 8 heteroatoms. The van der Waals surface area contributed by atoms with Crippen molar-refractivity contribution in [3.63, 3.8) is 0 Å². The molecule has 2 rings (SSSR count). The highest BCUT2D eigenvalue weighted by atomic mass is 32.1. The Morgan fingerprint density at radius 2 is 2.13 bits per heavy atom. The highest BCUT2D eigenvalue weighted by Gasteiger charge is 2.21. The molecule has 0 atom stereocenters. The van der Waals surface area contributed by atoms with Gasteiger partial charge in [-0.25, -0.2) is 4.79 Å². The molecule has 0 saturated heterocycles. The van der Waals surface area contributed by atoms with Crippen molar-refractivity contribution in [3.05, 3.63) is 0 Å². The van der Waals surface area contributed by atoms with Gasteiger partial charge < -0.3 is 15.0 Å². The molecule has 1 aromatic heterocycles. The molecule has 0 radical (unpaired) electrons. The standard InChI is InChI=1S/C15H27N5O2S/c1-3-22-11-7-10-16-13(21)17-14-18-19-15(23-14)20(2)12-8-5-4-6-9-12/h12H,3-11H2,1-2H3,(H2,16,17,18,21). The molecule has 0 aromatic carbocycles. The molecule has 1 aromatic rings. The second-order valence-electron chi connectivity index (χ2n) is 5.72. The third kappa shape index (κ3) is 5.95. The Morgan fingerprint density at radius 1 is 1.35 bits per heavy atom. The van der Waals surface area contributed by atoms with Gasteiger partial charge in [0.05, 0.1) is 0 Å². The van der Waals surface area contributed by atoms with E-state index < -0.39 is 0 Å². The van der Waals surface area contributed by atoms with E-state index in [4.69, 9.17) is 4.74 Å². The van der Waals surface area contributed by atoms with Crippen LogP contribution in [0.5, 0.6) is 0 Å². The number of aromatic nitrogens is 2. The lowest BCUT2D eigenvalue weighted by Crippen LogP contribution is -2.33. The van der Waals surface area contributed by atoms with Crippen molar-refractivity contribution in [1.29, 1.82) is 0 Å². The summed E-state index contributed by atoms with van der Waals surface area (Å²) in [6.07, 6.45) is 7.11. The normalized spacial score (nSPS) is 15.4. The van der Waals surface area contributed by atoms with Crippen molar-refractivity contribution in [2.24, 2.45) is 0 Å². The number of nitrogens with zero attached hydrogens (tertiary/aromatic N) is 3. The Balaban J connectivity index is 1.74. The number of carbonyl (C=O) groups is 1. The van der Waals surface area contributed by atoms with Crippen LogP contribution in [0.1, 0.15) is 45.4 Å². The Labute approximate surface area is 141 Å². The summed E-state index contributed by atoms with van der Waals surface area (Å²) in [5.41, 5.74) is 0. The van der Waals surface area contributed by atoms with E-state index in [1.54, 1.807) is 0 Å². The Morgan fingerprint density at radius 3 is 2.87 bits per heavy atom. The van der Waals surface area contributed by atoms with Crippen LogP contribution in [0.15, 0.2) is 0 Å². The summed E-state index contributed by atoms with van der Waals surface area (Å²) in [7, 11) is 2.06. The average molecular weight is 341 g/mol. The number of rotatable bonds is 8. The molecule has 1 saturated carbocycles. The van der Waals surface area contributed by atoms with E-state index in [2.05, 4.69) is 32.8 Å². The molecule has 0 unspecified atom stereocenters. The van der Waals surface area contributed by atoms with Crippen LogP contribution in [0.2, 0.25) is 0 Å². The molecule has 2 amide bonds. The smallest absolute Gasteiger partial charge is 0.321 e. The van der Waals surface area contributed by atoms with E-state index in [1.165, 1.54) is 43.4 Å². The predicted octanol–water partition coefficient (Wildman–Crippen LogP) is 2.86. The second-order valence-corrected chi connectivity index (χ2v) is 6.68. The maximum Gasteiger partial charge on any atom is 0.321 e. The maximum absolute atomic E-state index is 11.8. The lowest BCUT2D eigenvalue weighted by molar-refractivity contribution is 0.145. The van der Waals surface area contributed by atoms with Gasteiger partial charge >= 0.3 is 6.03 Å². The molecule has 1 aliphatic rings. The topological polar surface area (TPSA) is 79.4 Å². The summed E-state index contributed by atoms with van der Waals surface area (Å²) >= 11 is 1.42. The van der Waals surface area contributed by atoms with Crippen molar-refractivity contribution >= 4 is 27.6 Å². The van der Waals surface area contributed by atoms with Crippen LogP contribution < -0.4 is 15.5 Å². The van der Waals surface area contributed by atoms with Gasteiger partial charge in [-0.15, -0.1) is 10.2 Å². The first kappa shape index (κ1) is 17.9. The number of nitrogens with one attached hydrogen (secondary N) is 2. The van der Waals surface area contributed by atoms with Gasteiger partial charge in [0.1, 0.15) is 0 Å². The quantitative estimate of drug-likeness (QED) is 0.711. The first-order valence-corrected chi connectivity index (χ1v) is 9.21. The first-order chi connectivity index (χ1) is 11.2. The monoisotopic (exact) mass is 341 g/mol. The zero-order valence-corrected chi connectivity index (χ0v) is 14.8. The summed E-state index contributed by atoms with van der Waals surface area (Å²) < 4.78 is 5.22. The van der Waals surface area contributed by atoms with Crippen LogP contribution in [0.25, 0.3) is 0 Å². The Bertz CT molecular complexity index is 476. The van der Waals surface area contributed by atoms with Gasteiger partial charge in [0.15, 0.2) is 0 Å². The molecule has 0 spiro atoms. The number of amides is 2. The largest absolute Gasteiger partial charge is 0.382 e. The lowest BCUT2D eigenvalue weighted by Gasteiger charge is -2.30. The third-order valence-electron chi connectivity index (χ3n) is 4.01. The van der Waals surface area contributed by atoms with Gasteiger partial charge in [-0.2, -0.15) is 0 Å². The van der Waals surface area contributed by atoms with Gasteiger partial charge in [0.2, 0.25) is 10.3 Å². The van der Waals surface area contributed by atoms with Crippen LogP contribution in [0.3, 0.4) is 0 Å². The van der Waals surface area contributed by atoms with Gasteiger partial charge in [0, 0.05) is 32.8 Å². The van der Waals surface area contributed by atoms with Crippen molar-refractivity contribution in [3.8, 4) is 0 Å². The van der Waals surface area contributed by atoms with Crippen molar-refractivity contribution in [2.45, 2.75) is 51.5 Å². The van der Waals surface area contributed by atoms with Crippen LogP contribution in [-0.2, 0) is 4.74 Å². The first-order valence-electron chi connectivity index (χ1n) is 8.39. The van der Waals surface area contributed by atoms with Gasteiger partial charge in [-0.3, -0.25) is 5.32 Å². The molecule has 0 aliphatic heterocycles. The van der Waals surface area contributed by atoms with Crippen LogP contribution >= 0.6 is 11.3 Å². The van der Waals surface area contributed by atoms with Crippen molar-refractivity contribution in [2.75, 3.05) is 37.0 Å². The van der Waals surface area contributed by atoms with E-state index in [-0.39, 0.29) is 6.03 Å². The summed E-state index contributed by atoms with van der Waals surface area (Å²) in [5.74, 6) is 0. The minimum Gasteiger partial charge on any atom is -0.382 e. The van der Waals surface area contributed by atoms with Crippen LogP contribution in [0.4, 0.5) is 15.1 Å². The molecule has 130 valence electrons. The molecule has 1 aliphatic carbocycles. The van der Waals surface area contributed by atoms with E-state index in [9.17, 15) is 4.79 Å². The number of carbonyl (C=O) groups excluding carboxylic acids is 1. The van der Waals surface area contributed by atoms with E-state index in [0.717, 1.165) is 11.6 Å². The summed E-state index contributed by atoms with van der Waals surface area (Å²) in [6, 6.07) is 0.293. The van der Waals surface area contributed by atoms with E-state index in [0.29, 0.717) is 30.9 Å². The number of hydrogen-bond acceptors (Lipinski definition) is 6. The Hall–Kier alpha value is -1.41. The fourth-order valence-electron chi connectivity index (χ4n) is 2.69. The molecule has 0 bridgehead atoms. The molecular formula is C15H27N5O2S. The molecule has 23 heavy (non-hydrogen) atoms. The maximum atomic E-state index is 11.8. The van der Waals surface area contributed by atoms with E-state index in [1.807, 2.05) is 6.92 Å². The lowest BCUT2D eigenvalue weighted by atomic mass is 9.95. The van der Waals surface area contributed by atoms with Gasteiger partial charge in [-0.1, -0.05) is 30.6 Å².